The van der Waals surface area contributed by atoms with E-state index in [-0.39, 0.29) is 11.7 Å². The molecular weight excluding hydrogens is 248 g/mol. The van der Waals surface area contributed by atoms with Gasteiger partial charge in [-0.15, -0.1) is 0 Å². The lowest BCUT2D eigenvalue weighted by atomic mass is 10.1. The Morgan fingerprint density at radius 3 is 2.26 bits per heavy atom. The van der Waals surface area contributed by atoms with Crippen molar-refractivity contribution in [1.29, 1.82) is 0 Å². The molecule has 0 saturated carbocycles. The molecule has 1 heterocycles. The van der Waals surface area contributed by atoms with Gasteiger partial charge in [0.05, 0.1) is 0 Å². The zero-order valence-corrected chi connectivity index (χ0v) is 10.4. The molecule has 0 radical (unpaired) electrons. The first-order valence-electron chi connectivity index (χ1n) is 6.15. The van der Waals surface area contributed by atoms with E-state index in [2.05, 4.69) is 5.32 Å². The Labute approximate surface area is 110 Å². The van der Waals surface area contributed by atoms with E-state index in [0.29, 0.717) is 18.7 Å². The van der Waals surface area contributed by atoms with E-state index in [1.165, 1.54) is 12.1 Å². The van der Waals surface area contributed by atoms with Crippen molar-refractivity contribution in [2.24, 2.45) is 0 Å². The van der Waals surface area contributed by atoms with Crippen LogP contribution in [0.4, 0.5) is 4.79 Å². The fourth-order valence-corrected chi connectivity index (χ4v) is 2.20. The Kier molecular flexibility index (Phi) is 3.89. The van der Waals surface area contributed by atoms with Gasteiger partial charge in [-0.05, 0) is 30.5 Å². The predicted octanol–water partition coefficient (Wildman–Crippen LogP) is 1.32. The Bertz CT molecular complexity index is 466. The monoisotopic (exact) mass is 264 g/mol. The molecule has 2 rings (SSSR count). The average molecular weight is 264 g/mol. The van der Waals surface area contributed by atoms with Gasteiger partial charge in [0.2, 0.25) is 5.91 Å². The molecule has 1 aliphatic rings. The normalized spacial score (nSPS) is 16.1. The first-order valence-corrected chi connectivity index (χ1v) is 6.15. The molecule has 1 unspecified atom stereocenters. The van der Waals surface area contributed by atoms with Crippen molar-refractivity contribution >= 4 is 12.0 Å². The van der Waals surface area contributed by atoms with Crippen LogP contribution >= 0.6 is 0 Å². The Morgan fingerprint density at radius 2 is 1.74 bits per heavy atom. The zero-order chi connectivity index (χ0) is 13.8. The third-order valence-corrected chi connectivity index (χ3v) is 3.16. The van der Waals surface area contributed by atoms with E-state index in [9.17, 15) is 14.7 Å². The second kappa shape index (κ2) is 5.60. The summed E-state index contributed by atoms with van der Waals surface area (Å²) >= 11 is 0. The van der Waals surface area contributed by atoms with Crippen LogP contribution in [0.25, 0.3) is 0 Å². The molecule has 1 aromatic carbocycles. The number of phenols is 1. The third-order valence-electron chi connectivity index (χ3n) is 3.16. The van der Waals surface area contributed by atoms with Gasteiger partial charge in [-0.3, -0.25) is 4.79 Å². The van der Waals surface area contributed by atoms with E-state index in [4.69, 9.17) is 5.11 Å². The van der Waals surface area contributed by atoms with Gasteiger partial charge in [-0.2, -0.15) is 0 Å². The molecule has 1 aliphatic heterocycles. The molecular formula is C13H16N2O4. The fourth-order valence-electron chi connectivity index (χ4n) is 2.20. The molecule has 1 aromatic rings. The van der Waals surface area contributed by atoms with E-state index in [1.54, 1.807) is 17.0 Å². The molecule has 0 aromatic heterocycles. The summed E-state index contributed by atoms with van der Waals surface area (Å²) in [7, 11) is 0. The number of nitrogens with one attached hydrogen (secondary N) is 1. The van der Waals surface area contributed by atoms with Crippen LogP contribution < -0.4 is 5.32 Å². The number of hydrogen-bond acceptors (Lipinski definition) is 3. The largest absolute Gasteiger partial charge is 0.508 e. The highest BCUT2D eigenvalue weighted by Crippen LogP contribution is 2.21. The molecule has 1 saturated heterocycles. The van der Waals surface area contributed by atoms with Crippen LogP contribution in [0.15, 0.2) is 24.3 Å². The highest BCUT2D eigenvalue weighted by Gasteiger charge is 2.28. The smallest absolute Gasteiger partial charge is 0.405 e. The summed E-state index contributed by atoms with van der Waals surface area (Å²) in [6.45, 7) is 1.32. The number of rotatable bonds is 3. The molecule has 102 valence electrons. The van der Waals surface area contributed by atoms with Crippen molar-refractivity contribution in [3.8, 4) is 5.75 Å². The van der Waals surface area contributed by atoms with Crippen LogP contribution in [0.1, 0.15) is 24.4 Å². The maximum Gasteiger partial charge on any atom is 0.405 e. The highest BCUT2D eigenvalue weighted by atomic mass is 16.4. The van der Waals surface area contributed by atoms with E-state index in [0.717, 1.165) is 12.8 Å². The van der Waals surface area contributed by atoms with Gasteiger partial charge in [0.25, 0.3) is 0 Å². The van der Waals surface area contributed by atoms with Crippen LogP contribution in [-0.2, 0) is 4.79 Å². The Balaban J connectivity index is 2.21. The molecule has 0 spiro atoms. The number of carbonyl (C=O) groups is 2. The lowest BCUT2D eigenvalue weighted by Crippen LogP contribution is -2.41. The standard InChI is InChI=1S/C13H16N2O4/c16-10-5-3-9(4-6-10)11(14-13(18)19)12(17)15-7-1-2-8-15/h3-6,11,14,16H,1-2,7-8H2,(H,18,19). The van der Waals surface area contributed by atoms with Gasteiger partial charge in [-0.1, -0.05) is 12.1 Å². The van der Waals surface area contributed by atoms with E-state index >= 15 is 0 Å². The summed E-state index contributed by atoms with van der Waals surface area (Å²) in [5, 5.41) is 20.3. The molecule has 0 bridgehead atoms. The van der Waals surface area contributed by atoms with Gasteiger partial charge < -0.3 is 20.4 Å². The van der Waals surface area contributed by atoms with Gasteiger partial charge in [0, 0.05) is 13.1 Å². The number of phenolic OH excluding ortho intramolecular Hbond substituents is 1. The van der Waals surface area contributed by atoms with Crippen LogP contribution in [0.5, 0.6) is 5.75 Å². The number of likely N-dealkylation sites (tertiary alicyclic amines) is 1. The molecule has 19 heavy (non-hydrogen) atoms. The SMILES string of the molecule is O=C(O)NC(C(=O)N1CCCC1)c1ccc(O)cc1. The maximum absolute atomic E-state index is 12.3. The minimum absolute atomic E-state index is 0.0754. The second-order valence-corrected chi connectivity index (χ2v) is 4.51. The van der Waals surface area contributed by atoms with Crippen LogP contribution in [0.2, 0.25) is 0 Å². The van der Waals surface area contributed by atoms with Crippen molar-refractivity contribution in [2.45, 2.75) is 18.9 Å². The quantitative estimate of drug-likeness (QED) is 0.768. The zero-order valence-electron chi connectivity index (χ0n) is 10.4. The molecule has 0 aliphatic carbocycles. The maximum atomic E-state index is 12.3. The predicted molar refractivity (Wildman–Crippen MR) is 67.8 cm³/mol. The summed E-state index contributed by atoms with van der Waals surface area (Å²) in [5.41, 5.74) is 0.525. The van der Waals surface area contributed by atoms with Gasteiger partial charge in [-0.25, -0.2) is 4.79 Å². The Morgan fingerprint density at radius 1 is 1.16 bits per heavy atom. The number of amides is 2. The lowest BCUT2D eigenvalue weighted by molar-refractivity contribution is -0.132. The van der Waals surface area contributed by atoms with Crippen molar-refractivity contribution in [3.63, 3.8) is 0 Å². The number of hydrogen-bond donors (Lipinski definition) is 3. The number of carboxylic acid groups (broad SMARTS) is 1. The molecule has 2 amide bonds. The molecule has 6 heteroatoms. The third kappa shape index (κ3) is 3.15. The molecule has 6 nitrogen and oxygen atoms in total. The molecule has 3 N–H and O–H groups in total. The van der Waals surface area contributed by atoms with E-state index in [1.807, 2.05) is 0 Å². The summed E-state index contributed by atoms with van der Waals surface area (Å²) in [6, 6.07) is 5.04. The van der Waals surface area contributed by atoms with Crippen molar-refractivity contribution in [2.75, 3.05) is 13.1 Å². The summed E-state index contributed by atoms with van der Waals surface area (Å²) in [6.07, 6.45) is 0.646. The first kappa shape index (κ1) is 13.2. The Hall–Kier alpha value is -2.24. The molecule has 1 fully saturated rings. The van der Waals surface area contributed by atoms with Gasteiger partial charge >= 0.3 is 6.09 Å². The van der Waals surface area contributed by atoms with E-state index < -0.39 is 12.1 Å². The van der Waals surface area contributed by atoms with Gasteiger partial charge in [0.15, 0.2) is 0 Å². The van der Waals surface area contributed by atoms with Crippen molar-refractivity contribution in [3.05, 3.63) is 29.8 Å². The second-order valence-electron chi connectivity index (χ2n) is 4.51. The summed E-state index contributed by atoms with van der Waals surface area (Å²) in [5.74, 6) is -0.169. The minimum Gasteiger partial charge on any atom is -0.508 e. The molecule has 1 atom stereocenters. The highest BCUT2D eigenvalue weighted by molar-refractivity contribution is 5.86. The minimum atomic E-state index is -1.24. The first-order chi connectivity index (χ1) is 9.08. The summed E-state index contributed by atoms with van der Waals surface area (Å²) < 4.78 is 0. The van der Waals surface area contributed by atoms with Crippen molar-refractivity contribution < 1.29 is 19.8 Å². The van der Waals surface area contributed by atoms with Crippen LogP contribution in [-0.4, -0.2) is 40.2 Å². The van der Waals surface area contributed by atoms with Crippen molar-refractivity contribution in [1.82, 2.24) is 10.2 Å². The number of aromatic hydroxyl groups is 1. The van der Waals surface area contributed by atoms with Gasteiger partial charge in [0.1, 0.15) is 11.8 Å². The fraction of sp³-hybridized carbons (Fsp3) is 0.385. The summed E-state index contributed by atoms with van der Waals surface area (Å²) in [4.78, 5) is 24.8. The topological polar surface area (TPSA) is 89.9 Å². The average Bonchev–Trinajstić information content (AvgIpc) is 2.90. The van der Waals surface area contributed by atoms with Crippen LogP contribution in [0, 0.1) is 0 Å². The number of carbonyl (C=O) groups excluding carboxylic acids is 1. The number of benzene rings is 1. The number of nitrogens with zero attached hydrogens (tertiary/aromatic N) is 1. The lowest BCUT2D eigenvalue weighted by Gasteiger charge is -2.23. The van der Waals surface area contributed by atoms with Crippen LogP contribution in [0.3, 0.4) is 0 Å².